The third kappa shape index (κ3) is 6.04. The second kappa shape index (κ2) is 14.2. The fraction of sp³-hybridized carbons (Fsp3) is 0.969. The van der Waals surface area contributed by atoms with Gasteiger partial charge in [-0.15, -0.1) is 5.92 Å². The monoisotopic (exact) mass is 680 g/mol. The van der Waals surface area contributed by atoms with Gasteiger partial charge in [0.2, 0.25) is 0 Å². The van der Waals surface area contributed by atoms with Crippen molar-refractivity contribution in [3.8, 4) is 0 Å². The molecule has 9 fully saturated rings. The zero-order chi connectivity index (χ0) is 26.2. The molecular formula is C32H57CuN8OTi-. The van der Waals surface area contributed by atoms with Crippen LogP contribution in [0.3, 0.4) is 0 Å². The van der Waals surface area contributed by atoms with E-state index in [1.165, 1.54) is 96.3 Å². The maximum atomic E-state index is 4.25. The molecule has 43 heavy (non-hydrogen) atoms. The predicted molar refractivity (Wildman–Crippen MR) is 160 cm³/mol. The molecule has 10 N–H and O–H groups in total. The Morgan fingerprint density at radius 1 is 0.349 bits per heavy atom. The molecule has 0 amide bonds. The van der Waals surface area contributed by atoms with E-state index in [0.29, 0.717) is 61.2 Å². The topological polar surface area (TPSA) is 128 Å². The van der Waals surface area contributed by atoms with Gasteiger partial charge >= 0.3 is 0 Å². The minimum Gasteiger partial charge on any atom is -0.412 e. The van der Waals surface area contributed by atoms with Crippen molar-refractivity contribution in [2.24, 2.45) is 47.3 Å². The van der Waals surface area contributed by atoms with Crippen molar-refractivity contribution >= 4 is 0 Å². The Morgan fingerprint density at radius 2 is 0.605 bits per heavy atom. The van der Waals surface area contributed by atoms with E-state index in [1.54, 1.807) is 0 Å². The molecule has 16 atom stereocenters. The van der Waals surface area contributed by atoms with Crippen molar-refractivity contribution in [3.63, 3.8) is 0 Å². The Kier molecular flexibility index (Phi) is 11.1. The van der Waals surface area contributed by atoms with Crippen LogP contribution in [0.1, 0.15) is 96.3 Å². The van der Waals surface area contributed by atoms with Crippen molar-refractivity contribution in [1.29, 1.82) is 0 Å². The molecule has 0 aromatic rings. The van der Waals surface area contributed by atoms with Gasteiger partial charge in [0.1, 0.15) is 0 Å². The van der Waals surface area contributed by atoms with Crippen LogP contribution in [0.25, 0.3) is 0 Å². The van der Waals surface area contributed by atoms with Gasteiger partial charge < -0.3 is 11.9 Å². The Balaban J connectivity index is 0.00000110. The van der Waals surface area contributed by atoms with E-state index < -0.39 is 0 Å². The van der Waals surface area contributed by atoms with Crippen molar-refractivity contribution < 1.29 is 44.3 Å². The van der Waals surface area contributed by atoms with Gasteiger partial charge in [-0.3, -0.25) is 42.5 Å². The maximum absolute atomic E-state index is 4.25. The number of hydrogen-bond donors (Lipinski definition) is 8. The summed E-state index contributed by atoms with van der Waals surface area (Å²) >= 11 is 0. The molecule has 16 unspecified atom stereocenters. The molecule has 9 aliphatic rings. The molecule has 8 bridgehead atoms. The summed E-state index contributed by atoms with van der Waals surface area (Å²) < 4.78 is 0. The van der Waals surface area contributed by atoms with Crippen LogP contribution in [0.5, 0.6) is 0 Å². The zero-order valence-electron chi connectivity index (χ0n) is 25.7. The van der Waals surface area contributed by atoms with E-state index in [0.717, 1.165) is 35.5 Å². The first kappa shape index (κ1) is 33.8. The van der Waals surface area contributed by atoms with Gasteiger partial charge in [0, 0.05) is 45.0 Å². The fourth-order valence-electron chi connectivity index (χ4n) is 11.7. The summed E-state index contributed by atoms with van der Waals surface area (Å²) in [5.74, 6) is 5.74. The van der Waals surface area contributed by atoms with Crippen molar-refractivity contribution in [2.75, 3.05) is 0 Å². The number of fused-ring (bicyclic) bond motifs is 20. The van der Waals surface area contributed by atoms with E-state index >= 15 is 0 Å². The van der Waals surface area contributed by atoms with E-state index in [2.05, 4.69) is 49.0 Å². The predicted octanol–water partition coefficient (Wildman–Crippen LogP) is 1.59. The molecule has 5 aliphatic heterocycles. The Hall–Kier alpha value is 0.874. The average Bonchev–Trinajstić information content (AvgIpc) is 3.73. The molecule has 4 saturated carbocycles. The van der Waals surface area contributed by atoms with Gasteiger partial charge in [0.05, 0.1) is 43.2 Å². The van der Waals surface area contributed by atoms with Crippen LogP contribution < -0.4 is 42.5 Å². The largest absolute Gasteiger partial charge is 0.412 e. The molecule has 9 nitrogen and oxygen atoms in total. The molecule has 0 aromatic heterocycles. The molecular weight excluding hydrogens is 624 g/mol. The van der Waals surface area contributed by atoms with E-state index in [9.17, 15) is 0 Å². The smallest absolute Gasteiger partial charge is 0.0628 e. The number of hydrogen-bond acceptors (Lipinski definition) is 8. The van der Waals surface area contributed by atoms with E-state index in [4.69, 9.17) is 0 Å². The van der Waals surface area contributed by atoms with Crippen LogP contribution in [-0.4, -0.2) is 54.8 Å². The molecule has 0 spiro atoms. The van der Waals surface area contributed by atoms with E-state index in [1.807, 2.05) is 0 Å². The zero-order valence-corrected chi connectivity index (χ0v) is 28.2. The molecule has 5 heterocycles. The minimum atomic E-state index is 0. The number of nitrogens with one attached hydrogen (secondary N) is 8. The summed E-state index contributed by atoms with van der Waals surface area (Å²) in [5.41, 5.74) is 0. The van der Waals surface area contributed by atoms with Gasteiger partial charge in [0.25, 0.3) is 0 Å². The van der Waals surface area contributed by atoms with Crippen LogP contribution in [0, 0.1) is 53.8 Å². The summed E-state index contributed by atoms with van der Waals surface area (Å²) in [6.45, 7) is 0. The number of rotatable bonds is 0. The Labute approximate surface area is 284 Å². The summed E-state index contributed by atoms with van der Waals surface area (Å²) in [4.78, 5) is 0. The summed E-state index contributed by atoms with van der Waals surface area (Å²) in [6, 6.07) is 0. The third-order valence-corrected chi connectivity index (χ3v) is 13.6. The fourth-order valence-corrected chi connectivity index (χ4v) is 11.7. The first-order valence-electron chi connectivity index (χ1n) is 17.7. The summed E-state index contributed by atoms with van der Waals surface area (Å²) in [5, 5.41) is 33.7. The molecule has 0 aromatic carbocycles. The Morgan fingerprint density at radius 3 is 0.930 bits per heavy atom. The van der Waals surface area contributed by atoms with Gasteiger partial charge in [-0.2, -0.15) is 6.42 Å². The standard InChI is InChI=1S/C32H55N8.Cu.H2O.Ti/c1-2-10-18-17(9-1)25-33-26(18)38-28-21-13-5-6-14-22(21)30(35-28)40-32-24-16-8-7-15-23(24)31(36-32)39-29-20-12-4-3-11-19(20)27(34-29)37-25;;;/h9,17-40H,1-8,10-16H2;;1H2;/q-1;;;. The first-order chi connectivity index (χ1) is 19.8. The van der Waals surface area contributed by atoms with Gasteiger partial charge in [-0.05, 0) is 80.0 Å². The van der Waals surface area contributed by atoms with E-state index in [-0.39, 0.29) is 44.3 Å². The second-order valence-electron chi connectivity index (χ2n) is 15.4. The quantitative estimate of drug-likeness (QED) is 0.143. The van der Waals surface area contributed by atoms with Crippen LogP contribution in [0.2, 0.25) is 0 Å². The molecule has 247 valence electrons. The SMILES string of the molecule is O.[CH-]1CCCC2C3NC(NC4NC(NC5NC(NC6NC(N3)C3CCCCC63)C3CCCCC53)C3CCCCC43)C12.[Cu].[Ti]. The van der Waals surface area contributed by atoms with Crippen molar-refractivity contribution in [3.05, 3.63) is 6.42 Å². The summed E-state index contributed by atoms with van der Waals surface area (Å²) in [7, 11) is 0. The minimum absolute atomic E-state index is 0. The molecule has 1 radical (unpaired) electrons. The molecule has 4 aliphatic carbocycles. The van der Waals surface area contributed by atoms with Crippen LogP contribution in [0.4, 0.5) is 0 Å². The first-order valence-corrected chi connectivity index (χ1v) is 17.7. The summed E-state index contributed by atoms with van der Waals surface area (Å²) in [6.07, 6.45) is 26.4. The van der Waals surface area contributed by atoms with Gasteiger partial charge in [-0.25, -0.2) is 0 Å². The average molecular weight is 681 g/mol. The normalized spacial score (nSPS) is 53.6. The van der Waals surface area contributed by atoms with Crippen LogP contribution in [0.15, 0.2) is 0 Å². The third-order valence-electron chi connectivity index (χ3n) is 13.6. The Bertz CT molecular complexity index is 730. The molecule has 11 heteroatoms. The maximum Gasteiger partial charge on any atom is 0.0628 e. The molecule has 5 saturated heterocycles. The van der Waals surface area contributed by atoms with Gasteiger partial charge in [-0.1, -0.05) is 51.4 Å². The van der Waals surface area contributed by atoms with Crippen molar-refractivity contribution in [1.82, 2.24) is 42.5 Å². The van der Waals surface area contributed by atoms with Gasteiger partial charge in [0.15, 0.2) is 0 Å². The molecule has 9 rings (SSSR count). The second-order valence-corrected chi connectivity index (χ2v) is 15.4. The van der Waals surface area contributed by atoms with Crippen LogP contribution in [-0.2, 0) is 38.8 Å². The van der Waals surface area contributed by atoms with Crippen LogP contribution >= 0.6 is 0 Å². The van der Waals surface area contributed by atoms with Crippen molar-refractivity contribution in [2.45, 2.75) is 146 Å².